The Balaban J connectivity index is 1.50. The van der Waals surface area contributed by atoms with E-state index in [1.807, 2.05) is 13.0 Å². The number of nitrogens with zero attached hydrogens (tertiary/aromatic N) is 2. The molecule has 2 aliphatic heterocycles. The maximum atomic E-state index is 13.9. The van der Waals surface area contributed by atoms with Gasteiger partial charge in [0.15, 0.2) is 17.8 Å². The maximum absolute atomic E-state index is 13.9. The lowest BCUT2D eigenvalue weighted by molar-refractivity contribution is -0.143. The number of aromatic nitrogens is 1. The predicted molar refractivity (Wildman–Crippen MR) is 99.5 cm³/mol. The molecule has 0 radical (unpaired) electrons. The van der Waals surface area contributed by atoms with Crippen LogP contribution in [-0.4, -0.2) is 35.9 Å². The molecule has 1 spiro atoms. The predicted octanol–water partition coefficient (Wildman–Crippen LogP) is 4.74. The standard InChI is InChI=1S/C20H20F4N2O2S/c1-12(14-9-16(21)17(25-10-14)20(22,23)24)26-5-3-19(4-6-26)18-13(2-7-28-19)8-15(11-27)29-18/h8-12H,2-7H2,1H3. The van der Waals surface area contributed by atoms with Gasteiger partial charge in [0.1, 0.15) is 5.60 Å². The van der Waals surface area contributed by atoms with Gasteiger partial charge in [0.2, 0.25) is 0 Å². The van der Waals surface area contributed by atoms with Crippen molar-refractivity contribution in [2.24, 2.45) is 0 Å². The van der Waals surface area contributed by atoms with Crippen molar-refractivity contribution in [3.8, 4) is 0 Å². The number of carbonyl (C=O) groups excluding carboxylic acids is 1. The molecular formula is C20H20F4N2O2S. The zero-order valence-electron chi connectivity index (χ0n) is 15.8. The lowest BCUT2D eigenvalue weighted by atomic mass is 9.84. The third-order valence-corrected chi connectivity index (χ3v) is 7.16. The van der Waals surface area contributed by atoms with Crippen molar-refractivity contribution < 1.29 is 27.1 Å². The molecular weight excluding hydrogens is 408 g/mol. The zero-order valence-corrected chi connectivity index (χ0v) is 16.6. The Labute approximate surface area is 169 Å². The van der Waals surface area contributed by atoms with Gasteiger partial charge in [-0.25, -0.2) is 9.37 Å². The minimum atomic E-state index is -4.81. The molecule has 0 N–H and O–H groups in total. The summed E-state index contributed by atoms with van der Waals surface area (Å²) < 4.78 is 58.3. The number of pyridine rings is 1. The molecule has 0 saturated carbocycles. The van der Waals surface area contributed by atoms with E-state index in [4.69, 9.17) is 4.74 Å². The van der Waals surface area contributed by atoms with Crippen LogP contribution >= 0.6 is 11.3 Å². The van der Waals surface area contributed by atoms with Crippen LogP contribution in [0.1, 0.15) is 57.2 Å². The van der Waals surface area contributed by atoms with Gasteiger partial charge >= 0.3 is 6.18 Å². The van der Waals surface area contributed by atoms with Crippen LogP contribution in [0.3, 0.4) is 0 Å². The number of aldehydes is 1. The van der Waals surface area contributed by atoms with Crippen LogP contribution in [0.2, 0.25) is 0 Å². The van der Waals surface area contributed by atoms with E-state index >= 15 is 0 Å². The molecule has 2 aromatic rings. The number of ether oxygens (including phenoxy) is 1. The molecule has 29 heavy (non-hydrogen) atoms. The number of halogens is 4. The van der Waals surface area contributed by atoms with Crippen LogP contribution in [0.25, 0.3) is 0 Å². The molecule has 0 aromatic carbocycles. The van der Waals surface area contributed by atoms with Crippen LogP contribution in [0.15, 0.2) is 18.3 Å². The molecule has 0 aliphatic carbocycles. The summed E-state index contributed by atoms with van der Waals surface area (Å²) in [4.78, 5) is 18.4. The third-order valence-electron chi connectivity index (χ3n) is 5.87. The maximum Gasteiger partial charge on any atom is 0.436 e. The van der Waals surface area contributed by atoms with Gasteiger partial charge in [0.25, 0.3) is 0 Å². The molecule has 4 heterocycles. The van der Waals surface area contributed by atoms with E-state index in [0.29, 0.717) is 43.0 Å². The van der Waals surface area contributed by atoms with Crippen LogP contribution in [0.4, 0.5) is 17.6 Å². The Morgan fingerprint density at radius 2 is 2.03 bits per heavy atom. The molecule has 0 bridgehead atoms. The Morgan fingerprint density at radius 1 is 1.31 bits per heavy atom. The average molecular weight is 428 g/mol. The van der Waals surface area contributed by atoms with E-state index in [0.717, 1.165) is 29.8 Å². The minimum absolute atomic E-state index is 0.270. The molecule has 1 atom stereocenters. The first kappa shape index (κ1) is 20.4. The van der Waals surface area contributed by atoms with Gasteiger partial charge in [0.05, 0.1) is 11.5 Å². The molecule has 4 nitrogen and oxygen atoms in total. The van der Waals surface area contributed by atoms with Crippen molar-refractivity contribution in [3.05, 3.63) is 50.7 Å². The normalized spacial score (nSPS) is 20.4. The van der Waals surface area contributed by atoms with E-state index < -0.39 is 23.3 Å². The molecule has 2 aliphatic rings. The van der Waals surface area contributed by atoms with Gasteiger partial charge in [-0.15, -0.1) is 11.3 Å². The monoisotopic (exact) mass is 428 g/mol. The fourth-order valence-corrected chi connectivity index (χ4v) is 5.47. The van der Waals surface area contributed by atoms with Crippen LogP contribution in [0, 0.1) is 5.82 Å². The number of hydrogen-bond donors (Lipinski definition) is 0. The number of carbonyl (C=O) groups is 1. The highest BCUT2D eigenvalue weighted by Gasteiger charge is 2.43. The minimum Gasteiger partial charge on any atom is -0.369 e. The highest BCUT2D eigenvalue weighted by Crippen LogP contribution is 2.46. The summed E-state index contributed by atoms with van der Waals surface area (Å²) >= 11 is 1.47. The highest BCUT2D eigenvalue weighted by atomic mass is 32.1. The summed E-state index contributed by atoms with van der Waals surface area (Å²) in [7, 11) is 0. The van der Waals surface area contributed by atoms with Crippen molar-refractivity contribution in [2.45, 2.75) is 44.0 Å². The topological polar surface area (TPSA) is 42.4 Å². The fourth-order valence-electron chi connectivity index (χ4n) is 4.25. The summed E-state index contributed by atoms with van der Waals surface area (Å²) in [6.45, 7) is 3.74. The molecule has 4 rings (SSSR count). The number of rotatable bonds is 3. The van der Waals surface area contributed by atoms with Crippen LogP contribution in [0.5, 0.6) is 0 Å². The smallest absolute Gasteiger partial charge is 0.369 e. The number of fused-ring (bicyclic) bond motifs is 2. The van der Waals surface area contributed by atoms with Gasteiger partial charge in [-0.05, 0) is 49.4 Å². The molecule has 0 amide bonds. The summed E-state index contributed by atoms with van der Waals surface area (Å²) in [5, 5.41) is 0. The number of piperidine rings is 1. The van der Waals surface area contributed by atoms with E-state index in [1.165, 1.54) is 16.9 Å². The molecule has 9 heteroatoms. The van der Waals surface area contributed by atoms with E-state index in [9.17, 15) is 22.4 Å². The summed E-state index contributed by atoms with van der Waals surface area (Å²) in [5.74, 6) is -1.35. The van der Waals surface area contributed by atoms with E-state index in [-0.39, 0.29) is 6.04 Å². The number of hydrogen-bond acceptors (Lipinski definition) is 5. The molecule has 2 aromatic heterocycles. The van der Waals surface area contributed by atoms with Crippen molar-refractivity contribution in [1.82, 2.24) is 9.88 Å². The lowest BCUT2D eigenvalue weighted by Crippen LogP contribution is -2.46. The first-order chi connectivity index (χ1) is 13.7. The number of thiophene rings is 1. The van der Waals surface area contributed by atoms with Crippen molar-refractivity contribution >= 4 is 17.6 Å². The highest BCUT2D eigenvalue weighted by molar-refractivity contribution is 7.14. The van der Waals surface area contributed by atoms with Crippen molar-refractivity contribution in [3.63, 3.8) is 0 Å². The quantitative estimate of drug-likeness (QED) is 0.523. The van der Waals surface area contributed by atoms with E-state index in [2.05, 4.69) is 9.88 Å². The molecule has 1 saturated heterocycles. The van der Waals surface area contributed by atoms with Crippen LogP contribution < -0.4 is 0 Å². The largest absolute Gasteiger partial charge is 0.436 e. The second-order valence-electron chi connectivity index (χ2n) is 7.52. The molecule has 156 valence electrons. The van der Waals surface area contributed by atoms with E-state index in [1.54, 1.807) is 0 Å². The Bertz CT molecular complexity index is 920. The Kier molecular flexibility index (Phi) is 5.25. The second-order valence-corrected chi connectivity index (χ2v) is 8.61. The average Bonchev–Trinajstić information content (AvgIpc) is 3.12. The van der Waals surface area contributed by atoms with Gasteiger partial charge in [-0.3, -0.25) is 9.69 Å². The summed E-state index contributed by atoms with van der Waals surface area (Å²) in [6, 6.07) is 2.59. The van der Waals surface area contributed by atoms with Gasteiger partial charge in [0, 0.05) is 30.2 Å². The van der Waals surface area contributed by atoms with Crippen molar-refractivity contribution in [1.29, 1.82) is 0 Å². The summed E-state index contributed by atoms with van der Waals surface area (Å²) in [5.41, 5.74) is -0.327. The van der Waals surface area contributed by atoms with Gasteiger partial charge < -0.3 is 4.74 Å². The van der Waals surface area contributed by atoms with Crippen LogP contribution in [-0.2, 0) is 22.9 Å². The molecule has 1 unspecified atom stereocenters. The fraction of sp³-hybridized carbons (Fsp3) is 0.500. The van der Waals surface area contributed by atoms with Crippen molar-refractivity contribution in [2.75, 3.05) is 19.7 Å². The first-order valence-electron chi connectivity index (χ1n) is 9.42. The first-order valence-corrected chi connectivity index (χ1v) is 10.2. The third kappa shape index (κ3) is 3.71. The van der Waals surface area contributed by atoms with Gasteiger partial charge in [-0.1, -0.05) is 0 Å². The lowest BCUT2D eigenvalue weighted by Gasteiger charge is -2.45. The zero-order chi connectivity index (χ0) is 20.8. The number of likely N-dealkylation sites (tertiary alicyclic amines) is 1. The summed E-state index contributed by atoms with van der Waals surface area (Å²) in [6.07, 6.45) is -0.635. The number of alkyl halides is 3. The second kappa shape index (κ2) is 7.45. The van der Waals surface area contributed by atoms with Gasteiger partial charge in [-0.2, -0.15) is 13.2 Å². The Hall–Kier alpha value is -1.84. The molecule has 1 fully saturated rings. The Morgan fingerprint density at radius 3 is 2.66 bits per heavy atom. The SMILES string of the molecule is CC(c1cnc(C(F)(F)F)c(F)c1)N1CCC2(CC1)OCCc1cc(C=O)sc12.